The molecule has 1 rings (SSSR count). The van der Waals surface area contributed by atoms with E-state index < -0.39 is 11.1 Å². The van der Waals surface area contributed by atoms with Crippen molar-refractivity contribution in [2.24, 2.45) is 0 Å². The van der Waals surface area contributed by atoms with Crippen molar-refractivity contribution < 1.29 is 20.2 Å². The Kier molecular flexibility index (Phi) is 4.86. The monoisotopic (exact) mass is 218 g/mol. The van der Waals surface area contributed by atoms with Gasteiger partial charge in [0.15, 0.2) is 0 Å². The van der Waals surface area contributed by atoms with E-state index in [1.807, 2.05) is 0 Å². The smallest absolute Gasteiger partial charge is 0.338 e. The largest absolute Gasteiger partial charge is 0.478 e. The van der Waals surface area contributed by atoms with E-state index in [4.69, 9.17) is 32.6 Å². The van der Waals surface area contributed by atoms with Crippen LogP contribution in [-0.2, 0) is 0 Å². The zero-order valence-electron chi connectivity index (χ0n) is 6.71. The lowest BCUT2D eigenvalue weighted by molar-refractivity contribution is -0.742. The minimum Gasteiger partial charge on any atom is -0.478 e. The van der Waals surface area contributed by atoms with Crippen LogP contribution in [0.25, 0.3) is 0 Å². The number of nitrogens with one attached hydrogen (secondary N) is 1. The molecule has 0 atom stereocenters. The van der Waals surface area contributed by atoms with Gasteiger partial charge in [-0.3, -0.25) is 0 Å². The Balaban J connectivity index is 0.000000364. The van der Waals surface area contributed by atoms with Crippen LogP contribution in [0.1, 0.15) is 10.4 Å². The lowest BCUT2D eigenvalue weighted by Crippen LogP contribution is -1.97. The van der Waals surface area contributed by atoms with E-state index in [9.17, 15) is 4.79 Å². The van der Waals surface area contributed by atoms with E-state index in [1.54, 1.807) is 12.3 Å². The van der Waals surface area contributed by atoms with Crippen molar-refractivity contribution in [2.45, 2.75) is 0 Å². The molecule has 14 heavy (non-hydrogen) atoms. The highest BCUT2D eigenvalue weighted by atomic mass is 32.1. The summed E-state index contributed by atoms with van der Waals surface area (Å²) in [4.78, 5) is 21.3. The van der Waals surface area contributed by atoms with Crippen molar-refractivity contribution in [1.29, 1.82) is 0 Å². The number of H-pyrrole nitrogens is 1. The van der Waals surface area contributed by atoms with Gasteiger partial charge < -0.3 is 15.3 Å². The maximum atomic E-state index is 10.3. The third-order valence-corrected chi connectivity index (χ3v) is 1.39. The summed E-state index contributed by atoms with van der Waals surface area (Å²) in [5.41, 5.74) is 0.137. The van der Waals surface area contributed by atoms with Gasteiger partial charge in [0.1, 0.15) is 4.64 Å². The van der Waals surface area contributed by atoms with Crippen LogP contribution >= 0.6 is 12.2 Å². The number of carbonyl (C=O) groups is 1. The summed E-state index contributed by atoms with van der Waals surface area (Å²) >= 11 is 4.69. The minimum absolute atomic E-state index is 0.137. The van der Waals surface area contributed by atoms with E-state index in [0.717, 1.165) is 0 Å². The second-order valence-electron chi connectivity index (χ2n) is 1.96. The molecular formula is C6H6N2O5S. The molecule has 8 heteroatoms. The van der Waals surface area contributed by atoms with Gasteiger partial charge in [-0.15, -0.1) is 10.1 Å². The van der Waals surface area contributed by atoms with Gasteiger partial charge >= 0.3 is 5.97 Å². The number of rotatable bonds is 1. The molecule has 0 aliphatic carbocycles. The molecule has 0 aromatic carbocycles. The first-order valence-electron chi connectivity index (χ1n) is 3.19. The third-order valence-electron chi connectivity index (χ3n) is 1.05. The Morgan fingerprint density at radius 2 is 2.14 bits per heavy atom. The Bertz CT molecular complexity index is 384. The molecule has 1 aromatic rings. The predicted molar refractivity (Wildman–Crippen MR) is 47.4 cm³/mol. The van der Waals surface area contributed by atoms with Gasteiger partial charge in [0, 0.05) is 6.20 Å². The van der Waals surface area contributed by atoms with E-state index >= 15 is 0 Å². The maximum absolute atomic E-state index is 10.3. The standard InChI is InChI=1S/C6H5NO2S.HNO3/c8-6(9)4-2-1-3-7-5(4)10;2-1(3)4/h1-3H,(H,7,10)(H,8,9);(H,2,3,4). The number of nitrogens with zero attached hydrogens (tertiary/aromatic N) is 1. The molecule has 7 nitrogen and oxygen atoms in total. The summed E-state index contributed by atoms with van der Waals surface area (Å²) in [7, 11) is 0. The fraction of sp³-hybridized carbons (Fsp3) is 0. The Hall–Kier alpha value is -1.96. The first-order valence-corrected chi connectivity index (χ1v) is 3.60. The van der Waals surface area contributed by atoms with Crippen LogP contribution in [0.4, 0.5) is 0 Å². The minimum atomic E-state index is -1.50. The van der Waals surface area contributed by atoms with Gasteiger partial charge in [-0.25, -0.2) is 4.79 Å². The SMILES string of the molecule is O=C(O)c1ccc[nH]c1=S.O=[N+]([O-])O. The molecule has 0 aliphatic rings. The molecule has 0 saturated carbocycles. The fourth-order valence-corrected chi connectivity index (χ4v) is 0.813. The number of pyridine rings is 1. The van der Waals surface area contributed by atoms with Crippen molar-refractivity contribution >= 4 is 18.2 Å². The highest BCUT2D eigenvalue weighted by Gasteiger charge is 2.01. The summed E-state index contributed by atoms with van der Waals surface area (Å²) in [6, 6.07) is 3.06. The van der Waals surface area contributed by atoms with Crippen LogP contribution in [0.5, 0.6) is 0 Å². The molecule has 1 aromatic heterocycles. The number of carboxylic acids is 1. The van der Waals surface area contributed by atoms with Gasteiger partial charge in [-0.2, -0.15) is 0 Å². The number of carboxylic acid groups (broad SMARTS) is 1. The van der Waals surface area contributed by atoms with Crippen molar-refractivity contribution in [3.05, 3.63) is 38.6 Å². The Labute approximate surface area is 82.7 Å². The lowest BCUT2D eigenvalue weighted by atomic mass is 10.3. The van der Waals surface area contributed by atoms with Crippen LogP contribution in [0.3, 0.4) is 0 Å². The topological polar surface area (TPSA) is 116 Å². The van der Waals surface area contributed by atoms with Crippen molar-refractivity contribution in [1.82, 2.24) is 4.98 Å². The first-order chi connectivity index (χ1) is 6.45. The van der Waals surface area contributed by atoms with E-state index in [1.165, 1.54) is 6.07 Å². The summed E-state index contributed by atoms with van der Waals surface area (Å²) in [5.74, 6) is -0.998. The van der Waals surface area contributed by atoms with Gasteiger partial charge in [-0.1, -0.05) is 12.2 Å². The Morgan fingerprint density at radius 3 is 2.43 bits per heavy atom. The molecule has 0 saturated heterocycles. The molecule has 0 spiro atoms. The summed E-state index contributed by atoms with van der Waals surface area (Å²) in [6.07, 6.45) is 1.59. The third kappa shape index (κ3) is 4.83. The van der Waals surface area contributed by atoms with Crippen LogP contribution < -0.4 is 0 Å². The van der Waals surface area contributed by atoms with Gasteiger partial charge in [-0.05, 0) is 12.1 Å². The Morgan fingerprint density at radius 1 is 1.64 bits per heavy atom. The van der Waals surface area contributed by atoms with Crippen molar-refractivity contribution in [3.63, 3.8) is 0 Å². The number of aromatic carboxylic acids is 1. The van der Waals surface area contributed by atoms with Crippen LogP contribution in [-0.4, -0.2) is 26.4 Å². The maximum Gasteiger partial charge on any atom is 0.338 e. The highest BCUT2D eigenvalue weighted by molar-refractivity contribution is 7.71. The van der Waals surface area contributed by atoms with Gasteiger partial charge in [0.2, 0.25) is 0 Å². The summed E-state index contributed by atoms with van der Waals surface area (Å²) in [5, 5.41) is 22.1. The van der Waals surface area contributed by atoms with Crippen LogP contribution in [0, 0.1) is 14.8 Å². The molecule has 0 bridgehead atoms. The molecule has 1 heterocycles. The van der Waals surface area contributed by atoms with Crippen molar-refractivity contribution in [3.8, 4) is 0 Å². The molecule has 0 amide bonds. The molecule has 0 aliphatic heterocycles. The first kappa shape index (κ1) is 12.0. The highest BCUT2D eigenvalue weighted by Crippen LogP contribution is 1.97. The number of aromatic amines is 1. The van der Waals surface area contributed by atoms with Crippen LogP contribution in [0.2, 0.25) is 0 Å². The second kappa shape index (κ2) is 5.65. The molecule has 3 N–H and O–H groups in total. The summed E-state index contributed by atoms with van der Waals surface area (Å²) in [6.45, 7) is 0. The zero-order chi connectivity index (χ0) is 11.1. The number of hydrogen-bond donors (Lipinski definition) is 3. The van der Waals surface area contributed by atoms with E-state index in [-0.39, 0.29) is 10.2 Å². The van der Waals surface area contributed by atoms with E-state index in [2.05, 4.69) is 4.98 Å². The van der Waals surface area contributed by atoms with Crippen LogP contribution in [0.15, 0.2) is 18.3 Å². The fourth-order valence-electron chi connectivity index (χ4n) is 0.590. The van der Waals surface area contributed by atoms with Crippen molar-refractivity contribution in [2.75, 3.05) is 0 Å². The lowest BCUT2D eigenvalue weighted by Gasteiger charge is -1.90. The molecule has 0 fully saturated rings. The van der Waals surface area contributed by atoms with Gasteiger partial charge in [0.05, 0.1) is 5.56 Å². The molecule has 0 unspecified atom stereocenters. The molecular weight excluding hydrogens is 212 g/mol. The predicted octanol–water partition coefficient (Wildman–Crippen LogP) is 1.09. The summed E-state index contributed by atoms with van der Waals surface area (Å²) < 4.78 is 0.259. The quantitative estimate of drug-likeness (QED) is 0.369. The average Bonchev–Trinajstić information content (AvgIpc) is 2.03. The normalized spacial score (nSPS) is 8.29. The zero-order valence-corrected chi connectivity index (χ0v) is 7.52. The average molecular weight is 218 g/mol. The molecule has 0 radical (unpaired) electrons. The van der Waals surface area contributed by atoms with E-state index in [0.29, 0.717) is 0 Å². The molecule has 76 valence electrons. The number of hydrogen-bond acceptors (Lipinski definition) is 4. The second-order valence-corrected chi connectivity index (χ2v) is 2.36. The number of aromatic nitrogens is 1. The van der Waals surface area contributed by atoms with Gasteiger partial charge in [0.25, 0.3) is 5.09 Å².